The lowest BCUT2D eigenvalue weighted by atomic mass is 9.92. The summed E-state index contributed by atoms with van der Waals surface area (Å²) in [6, 6.07) is 0.251. The Hall–Kier alpha value is -0.220. The molecular formula is C8H16N2OS. The van der Waals surface area contributed by atoms with E-state index < -0.39 is 11.0 Å². The molecule has 2 N–H and O–H groups in total. The van der Waals surface area contributed by atoms with Crippen molar-refractivity contribution in [2.45, 2.75) is 44.4 Å². The summed E-state index contributed by atoms with van der Waals surface area (Å²) in [6.07, 6.45) is 1.64. The van der Waals surface area contributed by atoms with Crippen molar-refractivity contribution in [3.8, 4) is 0 Å². The second-order valence-electron chi connectivity index (χ2n) is 4.19. The average molecular weight is 188 g/mol. The Morgan fingerprint density at radius 2 is 2.00 bits per heavy atom. The molecule has 70 valence electrons. The van der Waals surface area contributed by atoms with Crippen LogP contribution in [0.5, 0.6) is 0 Å². The van der Waals surface area contributed by atoms with Crippen molar-refractivity contribution in [2.75, 3.05) is 0 Å². The molecule has 0 saturated heterocycles. The van der Waals surface area contributed by atoms with Gasteiger partial charge in [-0.2, -0.15) is 4.40 Å². The van der Waals surface area contributed by atoms with Gasteiger partial charge in [0.15, 0.2) is 0 Å². The zero-order chi connectivity index (χ0) is 9.35. The van der Waals surface area contributed by atoms with Gasteiger partial charge in [0.1, 0.15) is 11.0 Å². The van der Waals surface area contributed by atoms with E-state index in [1.54, 1.807) is 0 Å². The molecule has 1 fully saturated rings. The quantitative estimate of drug-likeness (QED) is 0.667. The van der Waals surface area contributed by atoms with Crippen LogP contribution in [-0.4, -0.2) is 20.7 Å². The van der Waals surface area contributed by atoms with Gasteiger partial charge in [0.05, 0.1) is 4.75 Å². The van der Waals surface area contributed by atoms with Crippen LogP contribution in [0.3, 0.4) is 0 Å². The molecular weight excluding hydrogens is 172 g/mol. The second-order valence-corrected chi connectivity index (χ2v) is 6.09. The van der Waals surface area contributed by atoms with Gasteiger partial charge in [0, 0.05) is 24.6 Å². The predicted molar refractivity (Wildman–Crippen MR) is 52.5 cm³/mol. The van der Waals surface area contributed by atoms with E-state index in [0.29, 0.717) is 0 Å². The Morgan fingerprint density at radius 3 is 2.33 bits per heavy atom. The van der Waals surface area contributed by atoms with Gasteiger partial charge in [-0.1, -0.05) is 0 Å². The summed E-state index contributed by atoms with van der Waals surface area (Å²) in [7, 11) is -1.10. The van der Waals surface area contributed by atoms with E-state index in [-0.39, 0.29) is 10.8 Å². The van der Waals surface area contributed by atoms with Crippen molar-refractivity contribution in [3.05, 3.63) is 0 Å². The molecule has 0 aromatic carbocycles. The summed E-state index contributed by atoms with van der Waals surface area (Å²) in [5, 5.41) is 0. The molecule has 1 unspecified atom stereocenters. The Labute approximate surface area is 76.0 Å². The fourth-order valence-corrected chi connectivity index (χ4v) is 1.53. The average Bonchev–Trinajstić information content (AvgIpc) is 1.82. The first kappa shape index (κ1) is 9.86. The summed E-state index contributed by atoms with van der Waals surface area (Å²) >= 11 is 0. The van der Waals surface area contributed by atoms with Crippen molar-refractivity contribution in [3.63, 3.8) is 0 Å². The molecule has 0 radical (unpaired) electrons. The van der Waals surface area contributed by atoms with Gasteiger partial charge >= 0.3 is 0 Å². The van der Waals surface area contributed by atoms with E-state index in [2.05, 4.69) is 4.40 Å². The molecule has 0 aromatic heterocycles. The fraction of sp³-hybridized carbons (Fsp3) is 0.875. The maximum absolute atomic E-state index is 11.5. The third-order valence-electron chi connectivity index (χ3n) is 1.73. The maximum Gasteiger partial charge on any atom is 0.144 e. The Kier molecular flexibility index (Phi) is 2.68. The first-order valence-corrected chi connectivity index (χ1v) is 5.24. The summed E-state index contributed by atoms with van der Waals surface area (Å²) in [5.74, 6) is 0. The lowest BCUT2D eigenvalue weighted by molar-refractivity contribution is 0.636. The summed E-state index contributed by atoms with van der Waals surface area (Å²) in [4.78, 5) is 0. The highest BCUT2D eigenvalue weighted by Crippen LogP contribution is 2.19. The van der Waals surface area contributed by atoms with Crippen LogP contribution in [0.1, 0.15) is 33.6 Å². The fourth-order valence-electron chi connectivity index (χ4n) is 0.874. The minimum atomic E-state index is -1.10. The number of rotatable bonds is 1. The lowest BCUT2D eigenvalue weighted by Gasteiger charge is -2.24. The highest BCUT2D eigenvalue weighted by molar-refractivity contribution is 7.85. The lowest BCUT2D eigenvalue weighted by Crippen LogP contribution is -2.37. The third kappa shape index (κ3) is 2.38. The van der Waals surface area contributed by atoms with Gasteiger partial charge in [-0.15, -0.1) is 0 Å². The molecule has 1 aliphatic carbocycles. The van der Waals surface area contributed by atoms with E-state index in [4.69, 9.17) is 5.73 Å². The highest BCUT2D eigenvalue weighted by Gasteiger charge is 2.25. The molecule has 1 atom stereocenters. The van der Waals surface area contributed by atoms with E-state index in [9.17, 15) is 4.21 Å². The van der Waals surface area contributed by atoms with Gasteiger partial charge in [-0.25, -0.2) is 4.21 Å². The number of nitrogens with two attached hydrogens (primary N) is 1. The largest absolute Gasteiger partial charge is 0.327 e. The molecule has 0 amide bonds. The monoisotopic (exact) mass is 188 g/mol. The molecule has 1 rings (SSSR count). The topological polar surface area (TPSA) is 55.5 Å². The highest BCUT2D eigenvalue weighted by atomic mass is 32.2. The van der Waals surface area contributed by atoms with Crippen LogP contribution < -0.4 is 5.73 Å². The Bertz CT molecular complexity index is 222. The molecule has 1 aliphatic rings. The third-order valence-corrected chi connectivity index (χ3v) is 3.20. The van der Waals surface area contributed by atoms with Crippen LogP contribution in [0.15, 0.2) is 4.40 Å². The van der Waals surface area contributed by atoms with Crippen molar-refractivity contribution in [1.29, 1.82) is 0 Å². The number of hydrogen-bond donors (Lipinski definition) is 1. The first-order valence-electron chi connectivity index (χ1n) is 4.13. The maximum atomic E-state index is 11.5. The van der Waals surface area contributed by atoms with E-state index in [0.717, 1.165) is 18.6 Å². The smallest absolute Gasteiger partial charge is 0.144 e. The van der Waals surface area contributed by atoms with Crippen molar-refractivity contribution in [2.24, 2.45) is 10.1 Å². The number of hydrogen-bond acceptors (Lipinski definition) is 2. The van der Waals surface area contributed by atoms with Gasteiger partial charge in [0.25, 0.3) is 0 Å². The van der Waals surface area contributed by atoms with Crippen LogP contribution in [0, 0.1) is 0 Å². The standard InChI is InChI=1S/C8H16N2OS/c1-8(2,3)12(11)10-7-4-6(9)5-7/h6H,4-5,9H2,1-3H3. The van der Waals surface area contributed by atoms with Crippen LogP contribution in [0.2, 0.25) is 0 Å². The minimum absolute atomic E-state index is 0.243. The molecule has 0 aromatic rings. The molecule has 0 bridgehead atoms. The predicted octanol–water partition coefficient (Wildman–Crippen LogP) is 1.01. The summed E-state index contributed by atoms with van der Waals surface area (Å²) in [6.45, 7) is 5.77. The van der Waals surface area contributed by atoms with E-state index in [1.807, 2.05) is 20.8 Å². The summed E-state index contributed by atoms with van der Waals surface area (Å²) < 4.78 is 15.3. The zero-order valence-electron chi connectivity index (χ0n) is 7.83. The van der Waals surface area contributed by atoms with Crippen LogP contribution in [0.4, 0.5) is 0 Å². The van der Waals surface area contributed by atoms with Gasteiger partial charge in [-0.3, -0.25) is 0 Å². The van der Waals surface area contributed by atoms with E-state index in [1.165, 1.54) is 0 Å². The minimum Gasteiger partial charge on any atom is -0.327 e. The van der Waals surface area contributed by atoms with Gasteiger partial charge in [0.2, 0.25) is 0 Å². The first-order chi connectivity index (χ1) is 5.39. The molecule has 1 saturated carbocycles. The Balaban J connectivity index is 2.52. The summed E-state index contributed by atoms with van der Waals surface area (Å²) in [5.41, 5.74) is 6.58. The van der Waals surface area contributed by atoms with Gasteiger partial charge in [-0.05, 0) is 20.8 Å². The molecule has 4 heteroatoms. The van der Waals surface area contributed by atoms with E-state index >= 15 is 0 Å². The molecule has 0 aliphatic heterocycles. The SMILES string of the molecule is CC(C)(C)S(=O)N=C1CC(N)C1. The van der Waals surface area contributed by atoms with Crippen LogP contribution in [-0.2, 0) is 11.0 Å². The zero-order valence-corrected chi connectivity index (χ0v) is 8.65. The normalized spacial score (nSPS) is 26.3. The van der Waals surface area contributed by atoms with Crippen LogP contribution >= 0.6 is 0 Å². The molecule has 0 heterocycles. The van der Waals surface area contributed by atoms with Crippen molar-refractivity contribution < 1.29 is 4.21 Å². The van der Waals surface area contributed by atoms with Gasteiger partial charge < -0.3 is 5.73 Å². The van der Waals surface area contributed by atoms with Crippen molar-refractivity contribution in [1.82, 2.24) is 0 Å². The Morgan fingerprint density at radius 1 is 1.50 bits per heavy atom. The molecule has 12 heavy (non-hydrogen) atoms. The molecule has 3 nitrogen and oxygen atoms in total. The molecule has 0 spiro atoms. The number of nitrogens with zero attached hydrogens (tertiary/aromatic N) is 1. The van der Waals surface area contributed by atoms with Crippen molar-refractivity contribution >= 4 is 16.7 Å². The second kappa shape index (κ2) is 3.26. The van der Waals surface area contributed by atoms with Crippen LogP contribution in [0.25, 0.3) is 0 Å².